The number of para-hydroxylation sites is 1. The number of carbonyl (C=O) groups excluding carboxylic acids is 3. The molecule has 4 rings (SSSR count). The van der Waals surface area contributed by atoms with E-state index in [0.29, 0.717) is 16.9 Å². The summed E-state index contributed by atoms with van der Waals surface area (Å²) in [6, 6.07) is 13.5. The number of anilines is 1. The monoisotopic (exact) mass is 498 g/mol. The number of imide groups is 2. The van der Waals surface area contributed by atoms with E-state index in [1.165, 1.54) is 10.8 Å². The molecule has 9 heteroatoms. The zero-order valence-electron chi connectivity index (χ0n) is 16.5. The molecule has 0 unspecified atom stereocenters. The van der Waals surface area contributed by atoms with Gasteiger partial charge in [-0.3, -0.25) is 14.9 Å². The first-order chi connectivity index (χ1) is 14.8. The summed E-state index contributed by atoms with van der Waals surface area (Å²) >= 11 is 9.93. The first kappa shape index (κ1) is 21.0. The van der Waals surface area contributed by atoms with Crippen LogP contribution in [0.2, 0.25) is 5.15 Å². The molecule has 1 aliphatic heterocycles. The molecule has 0 saturated carbocycles. The largest absolute Gasteiger partial charge is 0.335 e. The van der Waals surface area contributed by atoms with Gasteiger partial charge in [0.1, 0.15) is 10.7 Å². The number of nitrogens with one attached hydrogen (secondary N) is 1. The molecule has 2 heterocycles. The van der Waals surface area contributed by atoms with Gasteiger partial charge in [-0.1, -0.05) is 45.7 Å². The molecular formula is C22H16BrClN4O3. The zero-order chi connectivity index (χ0) is 22.3. The van der Waals surface area contributed by atoms with Crippen LogP contribution < -0.4 is 10.2 Å². The Balaban J connectivity index is 1.78. The van der Waals surface area contributed by atoms with Crippen molar-refractivity contribution >= 4 is 57.1 Å². The minimum absolute atomic E-state index is 0.205. The van der Waals surface area contributed by atoms with E-state index in [0.717, 1.165) is 20.6 Å². The van der Waals surface area contributed by atoms with Crippen molar-refractivity contribution in [3.05, 3.63) is 80.6 Å². The van der Waals surface area contributed by atoms with Gasteiger partial charge in [0, 0.05) is 10.0 Å². The molecule has 156 valence electrons. The fraction of sp³-hybridized carbons (Fsp3) is 0.0909. The fourth-order valence-electron chi connectivity index (χ4n) is 3.26. The number of rotatable bonds is 3. The molecule has 7 nitrogen and oxygen atoms in total. The number of aromatic nitrogens is 2. The van der Waals surface area contributed by atoms with E-state index < -0.39 is 17.8 Å². The number of aryl methyl sites for hydroxylation is 2. The van der Waals surface area contributed by atoms with Gasteiger partial charge in [-0.2, -0.15) is 5.10 Å². The van der Waals surface area contributed by atoms with Gasteiger partial charge in [0.15, 0.2) is 0 Å². The van der Waals surface area contributed by atoms with E-state index >= 15 is 0 Å². The summed E-state index contributed by atoms with van der Waals surface area (Å²) in [6.45, 7) is 3.50. The molecular weight excluding hydrogens is 484 g/mol. The van der Waals surface area contributed by atoms with Crippen LogP contribution in [0, 0.1) is 13.8 Å². The Labute approximate surface area is 191 Å². The lowest BCUT2D eigenvalue weighted by atomic mass is 10.1. The number of barbiturate groups is 1. The highest BCUT2D eigenvalue weighted by atomic mass is 79.9. The Morgan fingerprint density at radius 2 is 1.71 bits per heavy atom. The maximum atomic E-state index is 13.1. The standard InChI is InChI=1S/C22H16BrClN4O3/c1-12-5-3-4-6-18(12)27-21(30)17(20(29)25-22(27)31)11-16-13(2)26-28(19(16)24)15-9-7-14(23)8-10-15/h3-11H,1-2H3,(H,25,29,31)/b17-11-. The zero-order valence-corrected chi connectivity index (χ0v) is 18.9. The van der Waals surface area contributed by atoms with Gasteiger partial charge in [-0.05, 0) is 55.8 Å². The number of halogens is 2. The smallest absolute Gasteiger partial charge is 0.273 e. The summed E-state index contributed by atoms with van der Waals surface area (Å²) in [5, 5.41) is 6.90. The highest BCUT2D eigenvalue weighted by molar-refractivity contribution is 9.10. The first-order valence-electron chi connectivity index (χ1n) is 9.26. The van der Waals surface area contributed by atoms with Crippen molar-refractivity contribution in [2.24, 2.45) is 0 Å². The minimum Gasteiger partial charge on any atom is -0.273 e. The third-order valence-electron chi connectivity index (χ3n) is 4.87. The Morgan fingerprint density at radius 1 is 1.03 bits per heavy atom. The maximum absolute atomic E-state index is 13.1. The SMILES string of the molecule is Cc1ccccc1N1C(=O)NC(=O)/C(=C/c2c(C)nn(-c3ccc(Br)cc3)c2Cl)C1=O. The molecule has 0 atom stereocenters. The number of nitrogens with zero attached hydrogens (tertiary/aromatic N) is 3. The van der Waals surface area contributed by atoms with Gasteiger partial charge in [0.25, 0.3) is 11.8 Å². The van der Waals surface area contributed by atoms with Crippen molar-refractivity contribution in [2.45, 2.75) is 13.8 Å². The van der Waals surface area contributed by atoms with Crippen LogP contribution in [0.3, 0.4) is 0 Å². The molecule has 1 aliphatic rings. The Bertz CT molecular complexity index is 1260. The number of carbonyl (C=O) groups is 3. The number of urea groups is 1. The molecule has 31 heavy (non-hydrogen) atoms. The van der Waals surface area contributed by atoms with Gasteiger partial charge in [-0.15, -0.1) is 0 Å². The number of hydrogen-bond donors (Lipinski definition) is 1. The number of amides is 4. The summed E-state index contributed by atoms with van der Waals surface area (Å²) in [6.07, 6.45) is 1.37. The summed E-state index contributed by atoms with van der Waals surface area (Å²) in [7, 11) is 0. The van der Waals surface area contributed by atoms with Crippen molar-refractivity contribution in [3.63, 3.8) is 0 Å². The van der Waals surface area contributed by atoms with Gasteiger partial charge in [-0.25, -0.2) is 14.4 Å². The van der Waals surface area contributed by atoms with Crippen LogP contribution in [-0.2, 0) is 9.59 Å². The van der Waals surface area contributed by atoms with Crippen molar-refractivity contribution in [1.29, 1.82) is 0 Å². The molecule has 1 N–H and O–H groups in total. The lowest BCUT2D eigenvalue weighted by Gasteiger charge is -2.27. The quantitative estimate of drug-likeness (QED) is 0.423. The van der Waals surface area contributed by atoms with Gasteiger partial charge in [0.05, 0.1) is 17.1 Å². The molecule has 1 fully saturated rings. The summed E-state index contributed by atoms with van der Waals surface area (Å²) in [4.78, 5) is 39.0. The van der Waals surface area contributed by atoms with E-state index in [2.05, 4.69) is 26.3 Å². The van der Waals surface area contributed by atoms with Crippen LogP contribution in [0.5, 0.6) is 0 Å². The van der Waals surface area contributed by atoms with E-state index in [9.17, 15) is 14.4 Å². The number of benzene rings is 2. The van der Waals surface area contributed by atoms with Gasteiger partial charge < -0.3 is 0 Å². The molecule has 4 amide bonds. The normalized spacial score (nSPS) is 15.5. The summed E-state index contributed by atoms with van der Waals surface area (Å²) in [5.74, 6) is -1.51. The minimum atomic E-state index is -0.796. The lowest BCUT2D eigenvalue weighted by molar-refractivity contribution is -0.122. The van der Waals surface area contributed by atoms with Crippen molar-refractivity contribution in [2.75, 3.05) is 4.90 Å². The van der Waals surface area contributed by atoms with Crippen LogP contribution in [0.4, 0.5) is 10.5 Å². The van der Waals surface area contributed by atoms with Crippen LogP contribution >= 0.6 is 27.5 Å². The second-order valence-corrected chi connectivity index (χ2v) is 8.20. The topological polar surface area (TPSA) is 84.3 Å². The first-order valence-corrected chi connectivity index (χ1v) is 10.4. The molecule has 3 aromatic rings. The second-order valence-electron chi connectivity index (χ2n) is 6.92. The van der Waals surface area contributed by atoms with Crippen molar-refractivity contribution in [1.82, 2.24) is 15.1 Å². The van der Waals surface area contributed by atoms with Crippen molar-refractivity contribution in [3.8, 4) is 5.69 Å². The third-order valence-corrected chi connectivity index (χ3v) is 5.76. The predicted octanol–water partition coefficient (Wildman–Crippen LogP) is 4.57. The van der Waals surface area contributed by atoms with E-state index in [4.69, 9.17) is 11.6 Å². The van der Waals surface area contributed by atoms with Crippen LogP contribution in [-0.4, -0.2) is 27.6 Å². The van der Waals surface area contributed by atoms with Crippen LogP contribution in [0.1, 0.15) is 16.8 Å². The lowest BCUT2D eigenvalue weighted by Crippen LogP contribution is -2.54. The highest BCUT2D eigenvalue weighted by Crippen LogP contribution is 2.29. The fourth-order valence-corrected chi connectivity index (χ4v) is 3.85. The number of hydrogen-bond acceptors (Lipinski definition) is 4. The summed E-state index contributed by atoms with van der Waals surface area (Å²) in [5.41, 5.74) is 2.58. The van der Waals surface area contributed by atoms with E-state index in [1.54, 1.807) is 38.1 Å². The average Bonchev–Trinajstić information content (AvgIpc) is 3.00. The van der Waals surface area contributed by atoms with E-state index in [-0.39, 0.29) is 10.7 Å². The maximum Gasteiger partial charge on any atom is 0.335 e. The van der Waals surface area contributed by atoms with Crippen molar-refractivity contribution < 1.29 is 14.4 Å². The van der Waals surface area contributed by atoms with Crippen LogP contribution in [0.15, 0.2) is 58.6 Å². The molecule has 0 bridgehead atoms. The van der Waals surface area contributed by atoms with Crippen LogP contribution in [0.25, 0.3) is 11.8 Å². The molecule has 0 spiro atoms. The summed E-state index contributed by atoms with van der Waals surface area (Å²) < 4.78 is 2.43. The molecule has 2 aromatic carbocycles. The van der Waals surface area contributed by atoms with Gasteiger partial charge in [0.2, 0.25) is 0 Å². The Morgan fingerprint density at radius 3 is 2.39 bits per heavy atom. The predicted molar refractivity (Wildman–Crippen MR) is 121 cm³/mol. The second kappa shape index (κ2) is 8.13. The molecule has 1 saturated heterocycles. The van der Waals surface area contributed by atoms with E-state index in [1.807, 2.05) is 24.3 Å². The average molecular weight is 500 g/mol. The Kier molecular flexibility index (Phi) is 5.51. The van der Waals surface area contributed by atoms with Gasteiger partial charge >= 0.3 is 6.03 Å². The molecule has 1 aromatic heterocycles. The molecule has 0 aliphatic carbocycles. The molecule has 0 radical (unpaired) electrons. The third kappa shape index (κ3) is 3.80. The highest BCUT2D eigenvalue weighted by Gasteiger charge is 2.37. The Hall–Kier alpha value is -3.23.